The Balaban J connectivity index is 1.78. The number of nitrogens with zero attached hydrogens (tertiary/aromatic N) is 2. The second kappa shape index (κ2) is 10.4. The molecular formula is C21H24ClN3O3S. The molecule has 6 nitrogen and oxygen atoms in total. The molecule has 0 radical (unpaired) electrons. The molecule has 0 atom stereocenters. The molecule has 0 aliphatic rings. The molecule has 0 fully saturated rings. The van der Waals surface area contributed by atoms with Crippen LogP contribution in [-0.4, -0.2) is 45.2 Å². The van der Waals surface area contributed by atoms with Crippen molar-refractivity contribution in [2.24, 2.45) is 0 Å². The molecule has 0 aliphatic carbocycles. The number of hydrogen-bond donors (Lipinski definition) is 1. The Morgan fingerprint density at radius 3 is 2.52 bits per heavy atom. The van der Waals surface area contributed by atoms with Crippen LogP contribution in [0.2, 0.25) is 5.02 Å². The lowest BCUT2D eigenvalue weighted by Gasteiger charge is -2.17. The van der Waals surface area contributed by atoms with E-state index in [1.54, 1.807) is 49.2 Å². The maximum atomic E-state index is 12.5. The first-order valence-corrected chi connectivity index (χ1v) is 11.2. The van der Waals surface area contributed by atoms with Gasteiger partial charge in [-0.25, -0.2) is 8.42 Å². The summed E-state index contributed by atoms with van der Waals surface area (Å²) in [5.41, 5.74) is 2.24. The molecule has 8 heteroatoms. The van der Waals surface area contributed by atoms with Gasteiger partial charge in [0.15, 0.2) is 9.84 Å². The van der Waals surface area contributed by atoms with Crippen molar-refractivity contribution in [2.45, 2.75) is 24.7 Å². The van der Waals surface area contributed by atoms with Crippen molar-refractivity contribution in [3.8, 4) is 6.07 Å². The van der Waals surface area contributed by atoms with Crippen LogP contribution >= 0.6 is 11.6 Å². The summed E-state index contributed by atoms with van der Waals surface area (Å²) in [6, 6.07) is 14.3. The van der Waals surface area contributed by atoms with E-state index in [2.05, 4.69) is 11.4 Å². The number of sulfone groups is 1. The van der Waals surface area contributed by atoms with Crippen molar-refractivity contribution in [2.75, 3.05) is 26.0 Å². The van der Waals surface area contributed by atoms with Gasteiger partial charge in [0.1, 0.15) is 5.88 Å². The van der Waals surface area contributed by atoms with Gasteiger partial charge in [-0.15, -0.1) is 0 Å². The van der Waals surface area contributed by atoms with Crippen LogP contribution in [0.5, 0.6) is 0 Å². The fraction of sp³-hybridized carbons (Fsp3) is 0.333. The molecule has 0 bridgehead atoms. The van der Waals surface area contributed by atoms with E-state index in [1.807, 2.05) is 12.1 Å². The molecule has 2 aromatic rings. The van der Waals surface area contributed by atoms with E-state index in [0.29, 0.717) is 24.1 Å². The van der Waals surface area contributed by atoms with Gasteiger partial charge in [0, 0.05) is 26.6 Å². The van der Waals surface area contributed by atoms with Crippen LogP contribution in [0.1, 0.15) is 23.1 Å². The molecule has 0 spiro atoms. The third-order valence-electron chi connectivity index (χ3n) is 4.53. The molecule has 2 rings (SSSR count). The summed E-state index contributed by atoms with van der Waals surface area (Å²) >= 11 is 6.04. The first-order valence-electron chi connectivity index (χ1n) is 9.16. The van der Waals surface area contributed by atoms with Crippen LogP contribution in [0.3, 0.4) is 0 Å². The predicted molar refractivity (Wildman–Crippen MR) is 113 cm³/mol. The highest BCUT2D eigenvalue weighted by molar-refractivity contribution is 7.91. The van der Waals surface area contributed by atoms with Crippen molar-refractivity contribution in [3.05, 3.63) is 64.2 Å². The number of carbonyl (C=O) groups is 1. The summed E-state index contributed by atoms with van der Waals surface area (Å²) in [6.07, 6.45) is 0.877. The lowest BCUT2D eigenvalue weighted by Crippen LogP contribution is -2.33. The number of amides is 1. The van der Waals surface area contributed by atoms with Gasteiger partial charge in [0.25, 0.3) is 0 Å². The number of nitrogens with one attached hydrogen (secondary N) is 1. The third-order valence-corrected chi connectivity index (χ3v) is 6.70. The van der Waals surface area contributed by atoms with Gasteiger partial charge in [-0.2, -0.15) is 5.26 Å². The largest absolute Gasteiger partial charge is 0.345 e. The Bertz CT molecular complexity index is 979. The SMILES string of the molecule is Cc1cccc(Cl)c1S(=O)(=O)CNCCC(=O)N(C)CCc1ccc(C#N)cc1. The lowest BCUT2D eigenvalue weighted by atomic mass is 10.1. The van der Waals surface area contributed by atoms with Crippen LogP contribution in [-0.2, 0) is 21.1 Å². The normalized spacial score (nSPS) is 11.1. The monoisotopic (exact) mass is 433 g/mol. The van der Waals surface area contributed by atoms with Crippen LogP contribution in [0, 0.1) is 18.3 Å². The molecule has 0 heterocycles. The topological polar surface area (TPSA) is 90.3 Å². The van der Waals surface area contributed by atoms with Crippen molar-refractivity contribution >= 4 is 27.3 Å². The van der Waals surface area contributed by atoms with E-state index in [9.17, 15) is 13.2 Å². The number of halogens is 1. The zero-order valence-electron chi connectivity index (χ0n) is 16.5. The Kier molecular flexibility index (Phi) is 8.21. The molecule has 154 valence electrons. The number of rotatable bonds is 9. The number of aryl methyl sites for hydroxylation is 1. The average molecular weight is 434 g/mol. The van der Waals surface area contributed by atoms with Crippen molar-refractivity contribution in [1.82, 2.24) is 10.2 Å². The minimum Gasteiger partial charge on any atom is -0.345 e. The Labute approximate surface area is 177 Å². The second-order valence-corrected chi connectivity index (χ2v) is 9.10. The molecule has 0 aliphatic heterocycles. The van der Waals surface area contributed by atoms with E-state index in [0.717, 1.165) is 5.56 Å². The first-order chi connectivity index (χ1) is 13.7. The van der Waals surface area contributed by atoms with Gasteiger partial charge in [-0.05, 0) is 42.7 Å². The number of likely N-dealkylation sites (N-methyl/N-ethyl adjacent to an activating group) is 1. The fourth-order valence-corrected chi connectivity index (χ4v) is 4.90. The second-order valence-electron chi connectivity index (χ2n) is 6.77. The quantitative estimate of drug-likeness (QED) is 0.614. The summed E-state index contributed by atoms with van der Waals surface area (Å²) < 4.78 is 25.0. The van der Waals surface area contributed by atoms with Gasteiger partial charge in [0.05, 0.1) is 21.6 Å². The molecule has 2 aromatic carbocycles. The molecular weight excluding hydrogens is 410 g/mol. The Morgan fingerprint density at radius 2 is 1.90 bits per heavy atom. The lowest BCUT2D eigenvalue weighted by molar-refractivity contribution is -0.129. The van der Waals surface area contributed by atoms with Crippen molar-refractivity contribution in [1.29, 1.82) is 5.26 Å². The summed E-state index contributed by atoms with van der Waals surface area (Å²) in [7, 11) is -1.86. The maximum absolute atomic E-state index is 12.5. The van der Waals surface area contributed by atoms with Crippen LogP contribution < -0.4 is 5.32 Å². The summed E-state index contributed by atoms with van der Waals surface area (Å²) in [5, 5.41) is 11.8. The predicted octanol–water partition coefficient (Wildman–Crippen LogP) is 2.93. The van der Waals surface area contributed by atoms with Gasteiger partial charge in [0.2, 0.25) is 5.91 Å². The number of benzene rings is 2. The summed E-state index contributed by atoms with van der Waals surface area (Å²) in [4.78, 5) is 14.0. The zero-order chi connectivity index (χ0) is 21.4. The van der Waals surface area contributed by atoms with Crippen LogP contribution in [0.25, 0.3) is 0 Å². The van der Waals surface area contributed by atoms with E-state index < -0.39 is 9.84 Å². The summed E-state index contributed by atoms with van der Waals surface area (Å²) in [5.74, 6) is -0.350. The van der Waals surface area contributed by atoms with Gasteiger partial charge in [-0.1, -0.05) is 35.9 Å². The number of carbonyl (C=O) groups excluding carboxylic acids is 1. The molecule has 0 aromatic heterocycles. The molecule has 1 N–H and O–H groups in total. The smallest absolute Gasteiger partial charge is 0.223 e. The highest BCUT2D eigenvalue weighted by atomic mass is 35.5. The molecule has 0 saturated carbocycles. The minimum absolute atomic E-state index is 0.0718. The molecule has 0 saturated heterocycles. The van der Waals surface area contributed by atoms with Crippen LogP contribution in [0.4, 0.5) is 0 Å². The van der Waals surface area contributed by atoms with Gasteiger partial charge < -0.3 is 10.2 Å². The van der Waals surface area contributed by atoms with Crippen molar-refractivity contribution in [3.63, 3.8) is 0 Å². The van der Waals surface area contributed by atoms with Gasteiger partial charge in [-0.3, -0.25) is 4.79 Å². The number of nitriles is 1. The van der Waals surface area contributed by atoms with E-state index >= 15 is 0 Å². The first kappa shape index (κ1) is 22.9. The van der Waals surface area contributed by atoms with E-state index in [-0.39, 0.29) is 34.7 Å². The van der Waals surface area contributed by atoms with E-state index in [1.165, 1.54) is 0 Å². The van der Waals surface area contributed by atoms with Crippen LogP contribution in [0.15, 0.2) is 47.4 Å². The standard InChI is InChI=1S/C21H24ClN3O3S/c1-16-4-3-5-19(22)21(16)29(27,28)15-24-12-10-20(26)25(2)13-11-17-6-8-18(14-23)9-7-17/h3-9,24H,10-13,15H2,1-2H3. The molecule has 29 heavy (non-hydrogen) atoms. The molecule has 1 amide bonds. The fourth-order valence-electron chi connectivity index (χ4n) is 2.84. The Morgan fingerprint density at radius 1 is 1.21 bits per heavy atom. The average Bonchev–Trinajstić information content (AvgIpc) is 2.69. The van der Waals surface area contributed by atoms with E-state index in [4.69, 9.17) is 16.9 Å². The summed E-state index contributed by atoms with van der Waals surface area (Å²) in [6.45, 7) is 2.50. The molecule has 0 unspecified atom stereocenters. The third kappa shape index (κ3) is 6.57. The highest BCUT2D eigenvalue weighted by Gasteiger charge is 2.20. The van der Waals surface area contributed by atoms with Crippen molar-refractivity contribution < 1.29 is 13.2 Å². The minimum atomic E-state index is -3.58. The maximum Gasteiger partial charge on any atom is 0.223 e. The Hall–Kier alpha value is -2.40. The highest BCUT2D eigenvalue weighted by Crippen LogP contribution is 2.25. The number of hydrogen-bond acceptors (Lipinski definition) is 5. The zero-order valence-corrected chi connectivity index (χ0v) is 18.1. The van der Waals surface area contributed by atoms with Gasteiger partial charge >= 0.3 is 0 Å².